The van der Waals surface area contributed by atoms with E-state index in [-0.39, 0.29) is 24.8 Å². The van der Waals surface area contributed by atoms with Crippen molar-refractivity contribution in [1.82, 2.24) is 5.32 Å². The van der Waals surface area contributed by atoms with E-state index in [1.807, 2.05) is 24.3 Å². The van der Waals surface area contributed by atoms with Crippen molar-refractivity contribution in [2.24, 2.45) is 5.92 Å². The Balaban J connectivity index is 0.00000242. The maximum absolute atomic E-state index is 13.5. The Bertz CT molecular complexity index is 575. The van der Waals surface area contributed by atoms with Gasteiger partial charge in [-0.3, -0.25) is 0 Å². The zero-order valence-electron chi connectivity index (χ0n) is 13.0. The van der Waals surface area contributed by atoms with Crippen molar-refractivity contribution >= 4 is 12.4 Å². The molecule has 2 aromatic carbocycles. The number of nitrogens with one attached hydrogen (secondary N) is 1. The van der Waals surface area contributed by atoms with Crippen molar-refractivity contribution < 1.29 is 9.13 Å². The maximum atomic E-state index is 13.5. The topological polar surface area (TPSA) is 21.3 Å². The summed E-state index contributed by atoms with van der Waals surface area (Å²) >= 11 is 0. The van der Waals surface area contributed by atoms with Crippen LogP contribution in [-0.2, 0) is 13.2 Å². The van der Waals surface area contributed by atoms with Gasteiger partial charge < -0.3 is 10.1 Å². The van der Waals surface area contributed by atoms with E-state index < -0.39 is 0 Å². The van der Waals surface area contributed by atoms with E-state index in [2.05, 4.69) is 25.2 Å². The lowest BCUT2D eigenvalue weighted by Gasteiger charge is -2.10. The molecule has 0 spiro atoms. The molecule has 2 nitrogen and oxygen atoms in total. The molecule has 0 fully saturated rings. The molecule has 0 unspecified atom stereocenters. The van der Waals surface area contributed by atoms with E-state index in [1.54, 1.807) is 12.1 Å². The van der Waals surface area contributed by atoms with Gasteiger partial charge in [-0.1, -0.05) is 44.2 Å². The average Bonchev–Trinajstić information content (AvgIpc) is 2.46. The number of hydrogen-bond donors (Lipinski definition) is 1. The summed E-state index contributed by atoms with van der Waals surface area (Å²) in [5, 5.41) is 3.40. The molecule has 0 aliphatic carbocycles. The van der Waals surface area contributed by atoms with E-state index in [0.717, 1.165) is 18.8 Å². The fraction of sp³-hybridized carbons (Fsp3) is 0.333. The normalized spacial score (nSPS) is 10.4. The molecule has 4 heteroatoms. The number of benzene rings is 2. The Morgan fingerprint density at radius 3 is 2.59 bits per heavy atom. The van der Waals surface area contributed by atoms with Gasteiger partial charge in [0.15, 0.2) is 0 Å². The zero-order chi connectivity index (χ0) is 15.1. The van der Waals surface area contributed by atoms with Crippen LogP contribution in [-0.4, -0.2) is 6.54 Å². The molecule has 1 N–H and O–H groups in total. The molecule has 0 aromatic heterocycles. The monoisotopic (exact) mass is 323 g/mol. The summed E-state index contributed by atoms with van der Waals surface area (Å²) < 4.78 is 19.2. The van der Waals surface area contributed by atoms with Gasteiger partial charge in [0.2, 0.25) is 0 Å². The lowest BCUT2D eigenvalue weighted by molar-refractivity contribution is 0.299. The molecule has 0 heterocycles. The SMILES string of the molecule is CC(C)CNCc1cccc(OCc2ccccc2F)c1.Cl. The van der Waals surface area contributed by atoms with Crippen LogP contribution in [0.4, 0.5) is 4.39 Å². The predicted molar refractivity (Wildman–Crippen MR) is 91.0 cm³/mol. The molecule has 0 amide bonds. The summed E-state index contributed by atoms with van der Waals surface area (Å²) in [4.78, 5) is 0. The van der Waals surface area contributed by atoms with Crippen LogP contribution < -0.4 is 10.1 Å². The minimum absolute atomic E-state index is 0. The molecule has 0 bridgehead atoms. The van der Waals surface area contributed by atoms with Gasteiger partial charge in [0, 0.05) is 12.1 Å². The lowest BCUT2D eigenvalue weighted by atomic mass is 10.2. The van der Waals surface area contributed by atoms with E-state index in [9.17, 15) is 4.39 Å². The van der Waals surface area contributed by atoms with Crippen LogP contribution in [0, 0.1) is 11.7 Å². The second-order valence-corrected chi connectivity index (χ2v) is 5.55. The van der Waals surface area contributed by atoms with Crippen LogP contribution in [0.15, 0.2) is 48.5 Å². The van der Waals surface area contributed by atoms with Gasteiger partial charge in [-0.05, 0) is 36.2 Å². The van der Waals surface area contributed by atoms with Gasteiger partial charge in [0.05, 0.1) is 0 Å². The maximum Gasteiger partial charge on any atom is 0.129 e. The van der Waals surface area contributed by atoms with Gasteiger partial charge in [0.1, 0.15) is 18.2 Å². The van der Waals surface area contributed by atoms with Crippen molar-refractivity contribution in [3.63, 3.8) is 0 Å². The van der Waals surface area contributed by atoms with Crippen LogP contribution in [0.5, 0.6) is 5.75 Å². The van der Waals surface area contributed by atoms with Gasteiger partial charge >= 0.3 is 0 Å². The van der Waals surface area contributed by atoms with Gasteiger partial charge in [0.25, 0.3) is 0 Å². The molecule has 0 radical (unpaired) electrons. The lowest BCUT2D eigenvalue weighted by Crippen LogP contribution is -2.18. The van der Waals surface area contributed by atoms with E-state index in [1.165, 1.54) is 11.6 Å². The average molecular weight is 324 g/mol. The summed E-state index contributed by atoms with van der Waals surface area (Å²) in [5.74, 6) is 1.17. The highest BCUT2D eigenvalue weighted by atomic mass is 35.5. The number of ether oxygens (including phenoxy) is 1. The molecular formula is C18H23ClFNO. The van der Waals surface area contributed by atoms with E-state index in [4.69, 9.17) is 4.74 Å². The van der Waals surface area contributed by atoms with Crippen molar-refractivity contribution in [2.45, 2.75) is 27.0 Å². The number of halogens is 2. The van der Waals surface area contributed by atoms with E-state index in [0.29, 0.717) is 11.5 Å². The molecule has 0 atom stereocenters. The standard InChI is InChI=1S/C18H22FNO.ClH/c1-14(2)11-20-12-15-6-5-8-17(10-15)21-13-16-7-3-4-9-18(16)19;/h3-10,14,20H,11-13H2,1-2H3;1H. The summed E-state index contributed by atoms with van der Waals surface area (Å²) in [7, 11) is 0. The highest BCUT2D eigenvalue weighted by Crippen LogP contribution is 2.16. The third kappa shape index (κ3) is 6.04. The first-order chi connectivity index (χ1) is 10.1. The van der Waals surface area contributed by atoms with Gasteiger partial charge in [-0.15, -0.1) is 12.4 Å². The third-order valence-corrected chi connectivity index (χ3v) is 3.13. The summed E-state index contributed by atoms with van der Waals surface area (Å²) in [6.45, 7) is 6.41. The van der Waals surface area contributed by atoms with Gasteiger partial charge in [-0.25, -0.2) is 4.39 Å². The third-order valence-electron chi connectivity index (χ3n) is 3.13. The number of hydrogen-bond acceptors (Lipinski definition) is 2. The molecule has 2 aromatic rings. The second-order valence-electron chi connectivity index (χ2n) is 5.55. The first-order valence-electron chi connectivity index (χ1n) is 7.31. The summed E-state index contributed by atoms with van der Waals surface area (Å²) in [6, 6.07) is 14.6. The minimum atomic E-state index is -0.229. The minimum Gasteiger partial charge on any atom is -0.489 e. The fourth-order valence-corrected chi connectivity index (χ4v) is 2.03. The van der Waals surface area contributed by atoms with Crippen LogP contribution in [0.1, 0.15) is 25.0 Å². The second kappa shape index (κ2) is 9.44. The highest BCUT2D eigenvalue weighted by molar-refractivity contribution is 5.85. The zero-order valence-corrected chi connectivity index (χ0v) is 13.8. The fourth-order valence-electron chi connectivity index (χ4n) is 2.03. The molecule has 22 heavy (non-hydrogen) atoms. The predicted octanol–water partition coefficient (Wildman–Crippen LogP) is 4.57. The Labute approximate surface area is 138 Å². The van der Waals surface area contributed by atoms with Crippen LogP contribution in [0.3, 0.4) is 0 Å². The van der Waals surface area contributed by atoms with Crippen molar-refractivity contribution in [2.75, 3.05) is 6.54 Å². The number of rotatable bonds is 7. The smallest absolute Gasteiger partial charge is 0.129 e. The quantitative estimate of drug-likeness (QED) is 0.805. The molecule has 0 saturated carbocycles. The largest absolute Gasteiger partial charge is 0.489 e. The molecule has 0 saturated heterocycles. The van der Waals surface area contributed by atoms with Crippen molar-refractivity contribution in [3.8, 4) is 5.75 Å². The molecule has 0 aliphatic rings. The highest BCUT2D eigenvalue weighted by Gasteiger charge is 2.02. The van der Waals surface area contributed by atoms with Crippen molar-refractivity contribution in [1.29, 1.82) is 0 Å². The molecule has 0 aliphatic heterocycles. The van der Waals surface area contributed by atoms with Crippen LogP contribution in [0.25, 0.3) is 0 Å². The summed E-state index contributed by atoms with van der Waals surface area (Å²) in [6.07, 6.45) is 0. The van der Waals surface area contributed by atoms with Gasteiger partial charge in [-0.2, -0.15) is 0 Å². The Hall–Kier alpha value is -1.58. The van der Waals surface area contributed by atoms with Crippen LogP contribution in [0.2, 0.25) is 0 Å². The van der Waals surface area contributed by atoms with Crippen molar-refractivity contribution in [3.05, 3.63) is 65.5 Å². The Kier molecular flexibility index (Phi) is 7.92. The first kappa shape index (κ1) is 18.5. The Morgan fingerprint density at radius 1 is 1.09 bits per heavy atom. The molecular weight excluding hydrogens is 301 g/mol. The summed E-state index contributed by atoms with van der Waals surface area (Å²) in [5.41, 5.74) is 1.74. The Morgan fingerprint density at radius 2 is 1.86 bits per heavy atom. The van der Waals surface area contributed by atoms with Crippen LogP contribution >= 0.6 is 12.4 Å². The first-order valence-corrected chi connectivity index (χ1v) is 7.31. The molecule has 120 valence electrons. The van der Waals surface area contributed by atoms with E-state index >= 15 is 0 Å². The molecule has 2 rings (SSSR count).